The molecular formula is C12H22N4O2. The van der Waals surface area contributed by atoms with Crippen LogP contribution in [-0.4, -0.2) is 48.8 Å². The predicted molar refractivity (Wildman–Crippen MR) is 69.1 cm³/mol. The first-order valence-corrected chi connectivity index (χ1v) is 6.14. The normalized spacial score (nSPS) is 12.3. The summed E-state index contributed by atoms with van der Waals surface area (Å²) in [6, 6.07) is 0. The lowest BCUT2D eigenvalue weighted by atomic mass is 10.2. The van der Waals surface area contributed by atoms with Crippen molar-refractivity contribution in [2.45, 2.75) is 13.5 Å². The number of amides is 1. The number of nitrogens with one attached hydrogen (secondary N) is 2. The second-order valence-electron chi connectivity index (χ2n) is 4.34. The van der Waals surface area contributed by atoms with Crippen LogP contribution in [-0.2, 0) is 16.1 Å². The summed E-state index contributed by atoms with van der Waals surface area (Å²) in [4.78, 5) is 15.5. The van der Waals surface area contributed by atoms with Gasteiger partial charge in [0.05, 0.1) is 19.5 Å². The molecule has 0 aliphatic carbocycles. The molecule has 1 aromatic rings. The van der Waals surface area contributed by atoms with Gasteiger partial charge in [0, 0.05) is 39.1 Å². The summed E-state index contributed by atoms with van der Waals surface area (Å²) in [6.07, 6.45) is 5.46. The molecule has 0 aliphatic heterocycles. The third kappa shape index (κ3) is 6.36. The number of carbonyl (C=O) groups excluding carboxylic acids is 1. The fraction of sp³-hybridized carbons (Fsp3) is 0.667. The number of ether oxygens (including phenoxy) is 1. The Labute approximate surface area is 108 Å². The molecule has 0 aromatic carbocycles. The molecule has 0 saturated heterocycles. The lowest BCUT2D eigenvalue weighted by Crippen LogP contribution is -2.37. The average Bonchev–Trinajstić information content (AvgIpc) is 2.85. The van der Waals surface area contributed by atoms with Crippen molar-refractivity contribution in [3.8, 4) is 0 Å². The second kappa shape index (κ2) is 8.66. The Balaban J connectivity index is 2.06. The molecule has 0 spiro atoms. The van der Waals surface area contributed by atoms with Crippen molar-refractivity contribution in [2.24, 2.45) is 5.92 Å². The Bertz CT molecular complexity index is 327. The zero-order valence-corrected chi connectivity index (χ0v) is 11.1. The number of carbonyl (C=O) groups is 1. The highest BCUT2D eigenvalue weighted by Crippen LogP contribution is 1.98. The lowest BCUT2D eigenvalue weighted by Gasteiger charge is -2.13. The topological polar surface area (TPSA) is 68.2 Å². The van der Waals surface area contributed by atoms with E-state index >= 15 is 0 Å². The first-order valence-electron chi connectivity index (χ1n) is 6.14. The SMILES string of the molecule is COCCNCC(=O)NCC(C)Cn1ccnc1. The monoisotopic (exact) mass is 254 g/mol. The Morgan fingerprint density at radius 2 is 2.39 bits per heavy atom. The van der Waals surface area contributed by atoms with Gasteiger partial charge in [-0.05, 0) is 5.92 Å². The van der Waals surface area contributed by atoms with Gasteiger partial charge in [-0.2, -0.15) is 0 Å². The zero-order chi connectivity index (χ0) is 13.2. The van der Waals surface area contributed by atoms with Gasteiger partial charge in [0.15, 0.2) is 0 Å². The van der Waals surface area contributed by atoms with Gasteiger partial charge < -0.3 is 19.9 Å². The van der Waals surface area contributed by atoms with E-state index < -0.39 is 0 Å². The number of imidazole rings is 1. The molecule has 1 aromatic heterocycles. The number of aromatic nitrogens is 2. The standard InChI is InChI=1S/C12H22N4O2/c1-11(9-16-5-3-14-10-16)7-15-12(17)8-13-4-6-18-2/h3,5,10-11,13H,4,6-9H2,1-2H3,(H,15,17). The van der Waals surface area contributed by atoms with Crippen LogP contribution >= 0.6 is 0 Å². The molecule has 18 heavy (non-hydrogen) atoms. The zero-order valence-electron chi connectivity index (χ0n) is 11.1. The first kappa shape index (κ1) is 14.7. The molecule has 0 aliphatic rings. The minimum atomic E-state index is 0.0172. The Morgan fingerprint density at radius 3 is 3.06 bits per heavy atom. The maximum atomic E-state index is 11.5. The fourth-order valence-electron chi connectivity index (χ4n) is 1.55. The smallest absolute Gasteiger partial charge is 0.233 e. The van der Waals surface area contributed by atoms with Crippen molar-refractivity contribution < 1.29 is 9.53 Å². The number of methoxy groups -OCH3 is 1. The summed E-state index contributed by atoms with van der Waals surface area (Å²) in [5.74, 6) is 0.394. The third-order valence-corrected chi connectivity index (χ3v) is 2.50. The highest BCUT2D eigenvalue weighted by atomic mass is 16.5. The highest BCUT2D eigenvalue weighted by Gasteiger charge is 2.05. The van der Waals surface area contributed by atoms with E-state index in [9.17, 15) is 4.79 Å². The summed E-state index contributed by atoms with van der Waals surface area (Å²) < 4.78 is 6.89. The molecule has 0 radical (unpaired) electrons. The van der Waals surface area contributed by atoms with Crippen molar-refractivity contribution in [3.63, 3.8) is 0 Å². The van der Waals surface area contributed by atoms with Gasteiger partial charge in [-0.15, -0.1) is 0 Å². The third-order valence-electron chi connectivity index (χ3n) is 2.50. The lowest BCUT2D eigenvalue weighted by molar-refractivity contribution is -0.120. The maximum Gasteiger partial charge on any atom is 0.233 e. The minimum absolute atomic E-state index is 0.0172. The maximum absolute atomic E-state index is 11.5. The van der Waals surface area contributed by atoms with Gasteiger partial charge in [-0.1, -0.05) is 6.92 Å². The number of nitrogens with zero attached hydrogens (tertiary/aromatic N) is 2. The quantitative estimate of drug-likeness (QED) is 0.602. The van der Waals surface area contributed by atoms with Crippen LogP contribution in [0.1, 0.15) is 6.92 Å². The summed E-state index contributed by atoms with van der Waals surface area (Å²) in [7, 11) is 1.64. The van der Waals surface area contributed by atoms with Crippen LogP contribution < -0.4 is 10.6 Å². The van der Waals surface area contributed by atoms with E-state index in [2.05, 4.69) is 22.5 Å². The molecule has 1 unspecified atom stereocenters. The number of hydrogen-bond acceptors (Lipinski definition) is 4. The largest absolute Gasteiger partial charge is 0.383 e. The molecule has 0 saturated carbocycles. The molecule has 1 rings (SSSR count). The molecule has 0 fully saturated rings. The highest BCUT2D eigenvalue weighted by molar-refractivity contribution is 5.77. The van der Waals surface area contributed by atoms with E-state index in [1.54, 1.807) is 19.6 Å². The van der Waals surface area contributed by atoms with Crippen molar-refractivity contribution in [2.75, 3.05) is 33.4 Å². The van der Waals surface area contributed by atoms with Crippen LogP contribution in [0.15, 0.2) is 18.7 Å². The summed E-state index contributed by atoms with van der Waals surface area (Å²) >= 11 is 0. The van der Waals surface area contributed by atoms with Gasteiger partial charge in [0.2, 0.25) is 5.91 Å². The molecule has 1 heterocycles. The summed E-state index contributed by atoms with van der Waals surface area (Å²) in [5, 5.41) is 5.90. The predicted octanol–water partition coefficient (Wildman–Crippen LogP) is -0.129. The van der Waals surface area contributed by atoms with Crippen LogP contribution in [0, 0.1) is 5.92 Å². The van der Waals surface area contributed by atoms with Gasteiger partial charge in [0.25, 0.3) is 0 Å². The van der Waals surface area contributed by atoms with Crippen molar-refractivity contribution >= 4 is 5.91 Å². The van der Waals surface area contributed by atoms with E-state index in [-0.39, 0.29) is 5.91 Å². The van der Waals surface area contributed by atoms with E-state index in [0.29, 0.717) is 32.2 Å². The molecule has 102 valence electrons. The van der Waals surface area contributed by atoms with E-state index in [1.807, 2.05) is 10.8 Å². The van der Waals surface area contributed by atoms with Gasteiger partial charge in [-0.3, -0.25) is 4.79 Å². The minimum Gasteiger partial charge on any atom is -0.383 e. The average molecular weight is 254 g/mol. The van der Waals surface area contributed by atoms with Gasteiger partial charge >= 0.3 is 0 Å². The molecular weight excluding hydrogens is 232 g/mol. The van der Waals surface area contributed by atoms with Gasteiger partial charge in [0.1, 0.15) is 0 Å². The first-order chi connectivity index (χ1) is 8.72. The Kier molecular flexibility index (Phi) is 7.05. The molecule has 0 bridgehead atoms. The van der Waals surface area contributed by atoms with Crippen LogP contribution in [0.4, 0.5) is 0 Å². The number of hydrogen-bond donors (Lipinski definition) is 2. The van der Waals surface area contributed by atoms with Gasteiger partial charge in [-0.25, -0.2) is 4.98 Å². The van der Waals surface area contributed by atoms with Crippen LogP contribution in [0.5, 0.6) is 0 Å². The van der Waals surface area contributed by atoms with E-state index in [0.717, 1.165) is 6.54 Å². The van der Waals surface area contributed by atoms with Crippen LogP contribution in [0.25, 0.3) is 0 Å². The Hall–Kier alpha value is -1.40. The molecule has 1 amide bonds. The summed E-state index contributed by atoms with van der Waals surface area (Å²) in [5.41, 5.74) is 0. The molecule has 6 nitrogen and oxygen atoms in total. The second-order valence-corrected chi connectivity index (χ2v) is 4.34. The molecule has 1 atom stereocenters. The van der Waals surface area contributed by atoms with Crippen molar-refractivity contribution in [3.05, 3.63) is 18.7 Å². The van der Waals surface area contributed by atoms with Crippen molar-refractivity contribution in [1.82, 2.24) is 20.2 Å². The van der Waals surface area contributed by atoms with Crippen LogP contribution in [0.3, 0.4) is 0 Å². The fourth-order valence-corrected chi connectivity index (χ4v) is 1.55. The Morgan fingerprint density at radius 1 is 1.56 bits per heavy atom. The molecule has 6 heteroatoms. The summed E-state index contributed by atoms with van der Waals surface area (Å²) in [6.45, 7) is 5.26. The van der Waals surface area contributed by atoms with Crippen LogP contribution in [0.2, 0.25) is 0 Å². The molecule has 2 N–H and O–H groups in total. The van der Waals surface area contributed by atoms with E-state index in [1.165, 1.54) is 0 Å². The number of rotatable bonds is 9. The van der Waals surface area contributed by atoms with Crippen molar-refractivity contribution in [1.29, 1.82) is 0 Å². The van der Waals surface area contributed by atoms with E-state index in [4.69, 9.17) is 4.74 Å².